The van der Waals surface area contributed by atoms with Crippen molar-refractivity contribution in [2.24, 2.45) is 5.73 Å². The van der Waals surface area contributed by atoms with Gasteiger partial charge in [-0.05, 0) is 54.3 Å². The number of hydrogen-bond acceptors (Lipinski definition) is 2. The van der Waals surface area contributed by atoms with E-state index in [2.05, 4.69) is 0 Å². The molecule has 0 aliphatic rings. The van der Waals surface area contributed by atoms with Crippen molar-refractivity contribution in [1.29, 1.82) is 0 Å². The van der Waals surface area contributed by atoms with Gasteiger partial charge in [0.05, 0.1) is 13.2 Å². The molecule has 0 radical (unpaired) electrons. The first-order chi connectivity index (χ1) is 9.43. The zero-order valence-electron chi connectivity index (χ0n) is 11.7. The summed E-state index contributed by atoms with van der Waals surface area (Å²) in [5.74, 6) is -0.200. The number of halogens is 2. The average molecular weight is 294 g/mol. The Bertz CT molecular complexity index is 643. The molecule has 0 aliphatic heterocycles. The molecule has 0 aliphatic carbocycles. The predicted octanol–water partition coefficient (Wildman–Crippen LogP) is 4.15. The van der Waals surface area contributed by atoms with E-state index < -0.39 is 11.9 Å². The van der Waals surface area contributed by atoms with Crippen molar-refractivity contribution >= 4 is 11.6 Å². The van der Waals surface area contributed by atoms with Crippen LogP contribution in [0.5, 0.6) is 5.75 Å². The van der Waals surface area contributed by atoms with E-state index in [1.165, 1.54) is 13.2 Å². The summed E-state index contributed by atoms with van der Waals surface area (Å²) in [6.45, 7) is 3.87. The maximum atomic E-state index is 13.8. The highest BCUT2D eigenvalue weighted by Crippen LogP contribution is 2.29. The highest BCUT2D eigenvalue weighted by molar-refractivity contribution is 6.31. The molecule has 0 amide bonds. The predicted molar refractivity (Wildman–Crippen MR) is 79.9 cm³/mol. The van der Waals surface area contributed by atoms with E-state index in [4.69, 9.17) is 22.1 Å². The van der Waals surface area contributed by atoms with E-state index in [0.717, 1.165) is 16.7 Å². The standard InChI is InChI=1S/C16H17ClFNO/c1-9-7-13(17)10(2)6-12(9)16(19)11-4-5-15(20-3)14(18)8-11/h4-8,16H,19H2,1-3H3. The first-order valence-electron chi connectivity index (χ1n) is 6.29. The first kappa shape index (κ1) is 14.8. The van der Waals surface area contributed by atoms with E-state index in [9.17, 15) is 4.39 Å². The van der Waals surface area contributed by atoms with Gasteiger partial charge in [0.15, 0.2) is 11.6 Å². The molecular formula is C16H17ClFNO. The fourth-order valence-electron chi connectivity index (χ4n) is 2.19. The van der Waals surface area contributed by atoms with E-state index in [0.29, 0.717) is 10.6 Å². The van der Waals surface area contributed by atoms with Crippen LogP contribution in [0.1, 0.15) is 28.3 Å². The van der Waals surface area contributed by atoms with Gasteiger partial charge in [0, 0.05) is 5.02 Å². The fraction of sp³-hybridized carbons (Fsp3) is 0.250. The Morgan fingerprint density at radius 1 is 1.15 bits per heavy atom. The van der Waals surface area contributed by atoms with Crippen molar-refractivity contribution in [3.05, 3.63) is 63.4 Å². The summed E-state index contributed by atoms with van der Waals surface area (Å²) in [5, 5.41) is 0.708. The van der Waals surface area contributed by atoms with Gasteiger partial charge in [-0.25, -0.2) is 4.39 Å². The summed E-state index contributed by atoms with van der Waals surface area (Å²) < 4.78 is 18.7. The molecular weight excluding hydrogens is 277 g/mol. The Morgan fingerprint density at radius 2 is 1.85 bits per heavy atom. The molecule has 4 heteroatoms. The van der Waals surface area contributed by atoms with Crippen LogP contribution in [-0.2, 0) is 0 Å². The number of benzene rings is 2. The van der Waals surface area contributed by atoms with Crippen molar-refractivity contribution in [2.75, 3.05) is 7.11 Å². The van der Waals surface area contributed by atoms with Crippen LogP contribution in [0.15, 0.2) is 30.3 Å². The largest absolute Gasteiger partial charge is 0.494 e. The molecule has 106 valence electrons. The molecule has 0 heterocycles. The summed E-state index contributed by atoms with van der Waals surface area (Å²) in [6, 6.07) is 8.20. The molecule has 1 atom stereocenters. The first-order valence-corrected chi connectivity index (χ1v) is 6.67. The van der Waals surface area contributed by atoms with Crippen molar-refractivity contribution in [3.8, 4) is 5.75 Å². The molecule has 1 unspecified atom stereocenters. The maximum absolute atomic E-state index is 13.8. The lowest BCUT2D eigenvalue weighted by atomic mass is 9.94. The van der Waals surface area contributed by atoms with Gasteiger partial charge in [-0.15, -0.1) is 0 Å². The van der Waals surface area contributed by atoms with Crippen molar-refractivity contribution in [3.63, 3.8) is 0 Å². The van der Waals surface area contributed by atoms with Gasteiger partial charge in [0.25, 0.3) is 0 Å². The summed E-state index contributed by atoms with van der Waals surface area (Å²) in [5.41, 5.74) is 9.83. The van der Waals surface area contributed by atoms with Gasteiger partial charge in [-0.3, -0.25) is 0 Å². The molecule has 0 spiro atoms. The molecule has 0 fully saturated rings. The van der Waals surface area contributed by atoms with Gasteiger partial charge >= 0.3 is 0 Å². The summed E-state index contributed by atoms with van der Waals surface area (Å²) in [7, 11) is 1.44. The number of nitrogens with two attached hydrogens (primary N) is 1. The van der Waals surface area contributed by atoms with Crippen LogP contribution in [0.2, 0.25) is 5.02 Å². The lowest BCUT2D eigenvalue weighted by molar-refractivity contribution is 0.386. The summed E-state index contributed by atoms with van der Waals surface area (Å²) >= 11 is 6.08. The van der Waals surface area contributed by atoms with Crippen LogP contribution in [-0.4, -0.2) is 7.11 Å². The van der Waals surface area contributed by atoms with E-state index >= 15 is 0 Å². The van der Waals surface area contributed by atoms with Crippen LogP contribution >= 0.6 is 11.6 Å². The number of ether oxygens (including phenoxy) is 1. The topological polar surface area (TPSA) is 35.2 Å². The summed E-state index contributed by atoms with van der Waals surface area (Å²) in [4.78, 5) is 0. The fourth-order valence-corrected chi connectivity index (χ4v) is 2.41. The molecule has 2 aromatic carbocycles. The highest BCUT2D eigenvalue weighted by atomic mass is 35.5. The van der Waals surface area contributed by atoms with E-state index in [-0.39, 0.29) is 5.75 Å². The molecule has 0 bridgehead atoms. The quantitative estimate of drug-likeness (QED) is 0.922. The Balaban J connectivity index is 2.43. The third-order valence-corrected chi connectivity index (χ3v) is 3.82. The number of hydrogen-bond donors (Lipinski definition) is 1. The minimum Gasteiger partial charge on any atom is -0.494 e. The molecule has 2 rings (SSSR count). The van der Waals surface area contributed by atoms with Crippen LogP contribution in [0.3, 0.4) is 0 Å². The number of rotatable bonds is 3. The third-order valence-electron chi connectivity index (χ3n) is 3.42. The zero-order valence-corrected chi connectivity index (χ0v) is 12.5. The normalized spacial score (nSPS) is 12.3. The monoisotopic (exact) mass is 293 g/mol. The third kappa shape index (κ3) is 2.79. The van der Waals surface area contributed by atoms with Crippen LogP contribution in [0.4, 0.5) is 4.39 Å². The second-order valence-corrected chi connectivity index (χ2v) is 5.24. The average Bonchev–Trinajstić information content (AvgIpc) is 2.42. The molecule has 2 N–H and O–H groups in total. The molecule has 0 saturated carbocycles. The number of methoxy groups -OCH3 is 1. The van der Waals surface area contributed by atoms with Gasteiger partial charge in [0.2, 0.25) is 0 Å². The maximum Gasteiger partial charge on any atom is 0.165 e. The minimum atomic E-state index is -0.413. The Labute approximate surface area is 123 Å². The Morgan fingerprint density at radius 3 is 2.45 bits per heavy atom. The molecule has 2 aromatic rings. The van der Waals surface area contributed by atoms with Crippen LogP contribution < -0.4 is 10.5 Å². The lowest BCUT2D eigenvalue weighted by Gasteiger charge is -2.17. The summed E-state index contributed by atoms with van der Waals surface area (Å²) in [6.07, 6.45) is 0. The number of aryl methyl sites for hydroxylation is 2. The van der Waals surface area contributed by atoms with Crippen LogP contribution in [0, 0.1) is 19.7 Å². The van der Waals surface area contributed by atoms with Crippen molar-refractivity contribution in [2.45, 2.75) is 19.9 Å². The molecule has 20 heavy (non-hydrogen) atoms. The second kappa shape index (κ2) is 5.81. The van der Waals surface area contributed by atoms with E-state index in [1.807, 2.05) is 26.0 Å². The van der Waals surface area contributed by atoms with Crippen LogP contribution in [0.25, 0.3) is 0 Å². The van der Waals surface area contributed by atoms with Gasteiger partial charge in [0.1, 0.15) is 0 Å². The highest BCUT2D eigenvalue weighted by Gasteiger charge is 2.15. The lowest BCUT2D eigenvalue weighted by Crippen LogP contribution is -2.14. The zero-order chi connectivity index (χ0) is 14.9. The van der Waals surface area contributed by atoms with Crippen molar-refractivity contribution < 1.29 is 9.13 Å². The van der Waals surface area contributed by atoms with Gasteiger partial charge < -0.3 is 10.5 Å². The smallest absolute Gasteiger partial charge is 0.165 e. The SMILES string of the molecule is COc1ccc(C(N)c2cc(C)c(Cl)cc2C)cc1F. The molecule has 0 saturated heterocycles. The Kier molecular flexibility index (Phi) is 4.31. The minimum absolute atomic E-state index is 0.213. The van der Waals surface area contributed by atoms with Gasteiger partial charge in [-0.2, -0.15) is 0 Å². The van der Waals surface area contributed by atoms with Gasteiger partial charge in [-0.1, -0.05) is 23.7 Å². The second-order valence-electron chi connectivity index (χ2n) is 4.83. The van der Waals surface area contributed by atoms with E-state index in [1.54, 1.807) is 12.1 Å². The Hall–Kier alpha value is -1.58. The van der Waals surface area contributed by atoms with Crippen molar-refractivity contribution in [1.82, 2.24) is 0 Å². The molecule has 2 nitrogen and oxygen atoms in total. The molecule has 0 aromatic heterocycles.